The van der Waals surface area contributed by atoms with Gasteiger partial charge in [-0.25, -0.2) is 0 Å². The average Bonchev–Trinajstić information content (AvgIpc) is 2.26. The van der Waals surface area contributed by atoms with E-state index in [-0.39, 0.29) is 5.54 Å². The standard InChI is InChI=1S/C16H34N2O/c1-15(2,3)13-16(4,5)18-9-6-12-19-14-7-10-17-11-8-14/h14,17-18H,6-13H2,1-5H3. The molecule has 0 spiro atoms. The largest absolute Gasteiger partial charge is 0.378 e. The molecule has 2 N–H and O–H groups in total. The van der Waals surface area contributed by atoms with Crippen LogP contribution in [0.15, 0.2) is 0 Å². The molecule has 1 saturated heterocycles. The summed E-state index contributed by atoms with van der Waals surface area (Å²) in [6, 6.07) is 0. The molecule has 0 aliphatic carbocycles. The van der Waals surface area contributed by atoms with E-state index in [0.717, 1.165) is 32.7 Å². The molecule has 3 heteroatoms. The molecule has 1 heterocycles. The molecule has 19 heavy (non-hydrogen) atoms. The van der Waals surface area contributed by atoms with Crippen LogP contribution in [0.5, 0.6) is 0 Å². The van der Waals surface area contributed by atoms with Crippen molar-refractivity contribution in [3.8, 4) is 0 Å². The number of hydrogen-bond donors (Lipinski definition) is 2. The van der Waals surface area contributed by atoms with E-state index in [1.54, 1.807) is 0 Å². The van der Waals surface area contributed by atoms with Gasteiger partial charge in [0, 0.05) is 12.1 Å². The molecule has 114 valence electrons. The van der Waals surface area contributed by atoms with E-state index < -0.39 is 0 Å². The van der Waals surface area contributed by atoms with Gasteiger partial charge in [-0.2, -0.15) is 0 Å². The van der Waals surface area contributed by atoms with Gasteiger partial charge in [0.25, 0.3) is 0 Å². The predicted octanol–water partition coefficient (Wildman–Crippen LogP) is 2.95. The minimum atomic E-state index is 0.215. The summed E-state index contributed by atoms with van der Waals surface area (Å²) in [5, 5.41) is 7.03. The van der Waals surface area contributed by atoms with Crippen LogP contribution >= 0.6 is 0 Å². The van der Waals surface area contributed by atoms with Gasteiger partial charge in [0.15, 0.2) is 0 Å². The zero-order chi connectivity index (χ0) is 14.4. The first-order valence-electron chi connectivity index (χ1n) is 7.86. The van der Waals surface area contributed by atoms with Crippen molar-refractivity contribution >= 4 is 0 Å². The van der Waals surface area contributed by atoms with Crippen molar-refractivity contribution in [2.45, 2.75) is 71.9 Å². The van der Waals surface area contributed by atoms with Gasteiger partial charge in [0.1, 0.15) is 0 Å². The number of piperidine rings is 1. The highest BCUT2D eigenvalue weighted by Crippen LogP contribution is 2.26. The second-order valence-corrected chi connectivity index (χ2v) is 7.72. The Morgan fingerprint density at radius 2 is 1.74 bits per heavy atom. The molecule has 0 amide bonds. The lowest BCUT2D eigenvalue weighted by Gasteiger charge is -2.33. The van der Waals surface area contributed by atoms with E-state index in [2.05, 4.69) is 45.3 Å². The Morgan fingerprint density at radius 1 is 1.11 bits per heavy atom. The highest BCUT2D eigenvalue weighted by atomic mass is 16.5. The van der Waals surface area contributed by atoms with Crippen LogP contribution < -0.4 is 10.6 Å². The molecule has 0 saturated carbocycles. The van der Waals surface area contributed by atoms with E-state index in [1.165, 1.54) is 19.3 Å². The molecule has 0 radical (unpaired) electrons. The molecular formula is C16H34N2O. The van der Waals surface area contributed by atoms with E-state index in [9.17, 15) is 0 Å². The topological polar surface area (TPSA) is 33.3 Å². The molecule has 0 bridgehead atoms. The van der Waals surface area contributed by atoms with Crippen LogP contribution in [0.25, 0.3) is 0 Å². The lowest BCUT2D eigenvalue weighted by atomic mass is 9.82. The Bertz CT molecular complexity index is 240. The Balaban J connectivity index is 2.06. The summed E-state index contributed by atoms with van der Waals surface area (Å²) in [4.78, 5) is 0. The van der Waals surface area contributed by atoms with E-state index in [0.29, 0.717) is 11.5 Å². The predicted molar refractivity (Wildman–Crippen MR) is 82.6 cm³/mol. The molecule has 1 aliphatic heterocycles. The maximum absolute atomic E-state index is 5.92. The zero-order valence-electron chi connectivity index (χ0n) is 13.6. The molecule has 0 aromatic rings. The highest BCUT2D eigenvalue weighted by molar-refractivity contribution is 4.83. The molecular weight excluding hydrogens is 236 g/mol. The van der Waals surface area contributed by atoms with Crippen LogP contribution in [-0.2, 0) is 4.74 Å². The third-order valence-electron chi connectivity index (χ3n) is 3.54. The van der Waals surface area contributed by atoms with Crippen LogP contribution in [0.2, 0.25) is 0 Å². The Labute approximate surface area is 119 Å². The smallest absolute Gasteiger partial charge is 0.0599 e. The fourth-order valence-electron chi connectivity index (χ4n) is 3.10. The zero-order valence-corrected chi connectivity index (χ0v) is 13.6. The number of ether oxygens (including phenoxy) is 1. The van der Waals surface area contributed by atoms with Gasteiger partial charge >= 0.3 is 0 Å². The third kappa shape index (κ3) is 8.61. The average molecular weight is 270 g/mol. The fourth-order valence-corrected chi connectivity index (χ4v) is 3.10. The summed E-state index contributed by atoms with van der Waals surface area (Å²) in [6.45, 7) is 15.7. The monoisotopic (exact) mass is 270 g/mol. The third-order valence-corrected chi connectivity index (χ3v) is 3.54. The molecule has 1 rings (SSSR count). The number of hydrogen-bond acceptors (Lipinski definition) is 3. The summed E-state index contributed by atoms with van der Waals surface area (Å²) in [7, 11) is 0. The minimum Gasteiger partial charge on any atom is -0.378 e. The quantitative estimate of drug-likeness (QED) is 0.698. The summed E-state index contributed by atoms with van der Waals surface area (Å²) >= 11 is 0. The maximum Gasteiger partial charge on any atom is 0.0599 e. The van der Waals surface area contributed by atoms with Crippen LogP contribution in [0.3, 0.4) is 0 Å². The van der Waals surface area contributed by atoms with Crippen molar-refractivity contribution in [2.24, 2.45) is 5.41 Å². The number of rotatable bonds is 7. The van der Waals surface area contributed by atoms with Gasteiger partial charge in [-0.05, 0) is 64.6 Å². The Hall–Kier alpha value is -0.120. The Kier molecular flexibility index (Phi) is 6.78. The lowest BCUT2D eigenvalue weighted by molar-refractivity contribution is 0.0309. The van der Waals surface area contributed by atoms with Gasteiger partial charge in [0.2, 0.25) is 0 Å². The molecule has 1 fully saturated rings. The maximum atomic E-state index is 5.92. The normalized spacial score (nSPS) is 18.8. The van der Waals surface area contributed by atoms with Crippen molar-refractivity contribution < 1.29 is 4.74 Å². The molecule has 0 aromatic heterocycles. The van der Waals surface area contributed by atoms with Crippen LogP contribution in [-0.4, -0.2) is 37.9 Å². The second-order valence-electron chi connectivity index (χ2n) is 7.72. The van der Waals surface area contributed by atoms with Crippen molar-refractivity contribution in [1.29, 1.82) is 0 Å². The lowest BCUT2D eigenvalue weighted by Crippen LogP contribution is -2.43. The van der Waals surface area contributed by atoms with Crippen LogP contribution in [0.4, 0.5) is 0 Å². The first-order chi connectivity index (χ1) is 8.79. The highest BCUT2D eigenvalue weighted by Gasteiger charge is 2.24. The van der Waals surface area contributed by atoms with Crippen molar-refractivity contribution in [1.82, 2.24) is 10.6 Å². The van der Waals surface area contributed by atoms with Gasteiger partial charge < -0.3 is 15.4 Å². The summed E-state index contributed by atoms with van der Waals surface area (Å²) in [5.41, 5.74) is 0.592. The van der Waals surface area contributed by atoms with E-state index >= 15 is 0 Å². The van der Waals surface area contributed by atoms with Crippen molar-refractivity contribution in [3.63, 3.8) is 0 Å². The second kappa shape index (κ2) is 7.61. The summed E-state index contributed by atoms with van der Waals surface area (Å²) < 4.78 is 5.92. The number of nitrogens with one attached hydrogen (secondary N) is 2. The van der Waals surface area contributed by atoms with E-state index in [1.807, 2.05) is 0 Å². The first-order valence-corrected chi connectivity index (χ1v) is 7.86. The molecule has 3 nitrogen and oxygen atoms in total. The SMILES string of the molecule is CC(C)(C)CC(C)(C)NCCCOC1CCNCC1. The molecule has 0 aromatic carbocycles. The van der Waals surface area contributed by atoms with Gasteiger partial charge in [0.05, 0.1) is 6.10 Å². The van der Waals surface area contributed by atoms with Crippen molar-refractivity contribution in [2.75, 3.05) is 26.2 Å². The van der Waals surface area contributed by atoms with Crippen LogP contribution in [0, 0.1) is 5.41 Å². The Morgan fingerprint density at radius 3 is 2.32 bits per heavy atom. The van der Waals surface area contributed by atoms with Gasteiger partial charge in [-0.15, -0.1) is 0 Å². The molecule has 0 atom stereocenters. The minimum absolute atomic E-state index is 0.215. The van der Waals surface area contributed by atoms with Gasteiger partial charge in [-0.1, -0.05) is 20.8 Å². The van der Waals surface area contributed by atoms with Crippen LogP contribution in [0.1, 0.15) is 60.3 Å². The molecule has 1 aliphatic rings. The summed E-state index contributed by atoms with van der Waals surface area (Å²) in [5.74, 6) is 0. The first kappa shape index (κ1) is 16.9. The fraction of sp³-hybridized carbons (Fsp3) is 1.00. The molecule has 0 unspecified atom stereocenters. The summed E-state index contributed by atoms with van der Waals surface area (Å²) in [6.07, 6.45) is 5.13. The van der Waals surface area contributed by atoms with E-state index in [4.69, 9.17) is 4.74 Å². The van der Waals surface area contributed by atoms with Gasteiger partial charge in [-0.3, -0.25) is 0 Å². The van der Waals surface area contributed by atoms with Crippen molar-refractivity contribution in [3.05, 3.63) is 0 Å².